The highest BCUT2D eigenvalue weighted by molar-refractivity contribution is 5.82. The maximum atomic E-state index is 4.96. The van der Waals surface area contributed by atoms with E-state index in [0.717, 1.165) is 47.1 Å². The molecule has 0 spiro atoms. The number of nitrogens with one attached hydrogen (secondary N) is 1. The Bertz CT molecular complexity index is 1130. The van der Waals surface area contributed by atoms with Gasteiger partial charge in [0.2, 0.25) is 5.95 Å². The van der Waals surface area contributed by atoms with E-state index >= 15 is 0 Å². The van der Waals surface area contributed by atoms with Crippen molar-refractivity contribution in [3.63, 3.8) is 0 Å². The number of aromatic nitrogens is 5. The lowest BCUT2D eigenvalue weighted by molar-refractivity contribution is 0.226. The minimum atomic E-state index is 0. The van der Waals surface area contributed by atoms with Gasteiger partial charge < -0.3 is 10.2 Å². The zero-order chi connectivity index (χ0) is 20.1. The predicted octanol–water partition coefficient (Wildman–Crippen LogP) is 3.63. The Hall–Kier alpha value is -2.80. The van der Waals surface area contributed by atoms with Gasteiger partial charge >= 0.3 is 0 Å². The van der Waals surface area contributed by atoms with Crippen LogP contribution in [0.15, 0.2) is 30.7 Å². The Labute approximate surface area is 179 Å². The Kier molecular flexibility index (Phi) is 4.30. The van der Waals surface area contributed by atoms with Crippen molar-refractivity contribution in [1.82, 2.24) is 29.5 Å². The lowest BCUT2D eigenvalue weighted by atomic mass is 9.97. The number of hydrogen-bond donors (Lipinski definition) is 1. The topological polar surface area (TPSA) is 71.2 Å². The van der Waals surface area contributed by atoms with Crippen LogP contribution in [0.25, 0.3) is 11.2 Å². The van der Waals surface area contributed by atoms with Gasteiger partial charge in [-0.25, -0.2) is 19.5 Å². The molecule has 1 N–H and O–H groups in total. The fraction of sp³-hybridized carbons (Fsp3) is 0.478. The molecular weight excluding hydrogens is 374 g/mol. The summed E-state index contributed by atoms with van der Waals surface area (Å²) in [6.45, 7) is 3.32. The van der Waals surface area contributed by atoms with E-state index < -0.39 is 0 Å². The van der Waals surface area contributed by atoms with Crippen molar-refractivity contribution in [1.29, 1.82) is 0 Å². The molecule has 30 heavy (non-hydrogen) atoms. The molecule has 3 aliphatic rings. The van der Waals surface area contributed by atoms with Crippen LogP contribution < -0.4 is 5.32 Å². The number of anilines is 1. The minimum Gasteiger partial charge on any atom is -0.354 e. The molecule has 1 saturated carbocycles. The molecule has 0 atom stereocenters. The van der Waals surface area contributed by atoms with Crippen molar-refractivity contribution in [2.24, 2.45) is 5.92 Å². The van der Waals surface area contributed by atoms with Crippen LogP contribution in [-0.2, 0) is 6.42 Å². The lowest BCUT2D eigenvalue weighted by Crippen LogP contribution is -2.33. The van der Waals surface area contributed by atoms with E-state index in [9.17, 15) is 0 Å². The number of likely N-dealkylation sites (tertiary alicyclic amines) is 1. The summed E-state index contributed by atoms with van der Waals surface area (Å²) in [5.41, 5.74) is 6.58. The van der Waals surface area contributed by atoms with E-state index in [2.05, 4.69) is 33.4 Å². The van der Waals surface area contributed by atoms with Crippen LogP contribution in [0.5, 0.6) is 0 Å². The van der Waals surface area contributed by atoms with Gasteiger partial charge in [0, 0.05) is 44.9 Å². The van der Waals surface area contributed by atoms with E-state index in [1.165, 1.54) is 44.3 Å². The molecule has 0 amide bonds. The van der Waals surface area contributed by atoms with Gasteiger partial charge in [-0.05, 0) is 63.7 Å². The van der Waals surface area contributed by atoms with Crippen molar-refractivity contribution >= 4 is 17.2 Å². The third kappa shape index (κ3) is 3.27. The minimum absolute atomic E-state index is 0. The number of rotatable bonds is 5. The summed E-state index contributed by atoms with van der Waals surface area (Å²) < 4.78 is 1.89. The van der Waals surface area contributed by atoms with E-state index in [1.807, 2.05) is 29.2 Å². The van der Waals surface area contributed by atoms with E-state index in [-0.39, 0.29) is 2.85 Å². The first-order chi connectivity index (χ1) is 14.7. The molecule has 3 aromatic rings. The second-order valence-electron chi connectivity index (χ2n) is 8.96. The van der Waals surface area contributed by atoms with Crippen LogP contribution in [0.4, 0.5) is 5.95 Å². The molecule has 4 heterocycles. The number of nitrogens with zero attached hydrogens (tertiary/aromatic N) is 6. The summed E-state index contributed by atoms with van der Waals surface area (Å²) in [5, 5.41) is 7.94. The Morgan fingerprint density at radius 2 is 2.00 bits per heavy atom. The average molecular weight is 406 g/mol. The van der Waals surface area contributed by atoms with Crippen LogP contribution in [0.2, 0.25) is 0 Å². The third-order valence-corrected chi connectivity index (χ3v) is 6.73. The second kappa shape index (κ2) is 7.16. The molecule has 0 aromatic carbocycles. The molecule has 0 bridgehead atoms. The number of fused-ring (bicyclic) bond motifs is 2. The van der Waals surface area contributed by atoms with E-state index in [1.54, 1.807) is 0 Å². The molecule has 1 aliphatic heterocycles. The maximum Gasteiger partial charge on any atom is 0.222 e. The molecule has 1 saturated heterocycles. The number of hydrogen-bond acceptors (Lipinski definition) is 6. The van der Waals surface area contributed by atoms with Crippen LogP contribution in [0.1, 0.15) is 57.0 Å². The summed E-state index contributed by atoms with van der Waals surface area (Å²) in [7, 11) is 2.20. The van der Waals surface area contributed by atoms with Crippen LogP contribution >= 0.6 is 0 Å². The van der Waals surface area contributed by atoms with Crippen molar-refractivity contribution in [3.05, 3.63) is 53.2 Å². The Balaban J connectivity index is 0.00000122. The Morgan fingerprint density at radius 1 is 1.13 bits per heavy atom. The van der Waals surface area contributed by atoms with Gasteiger partial charge in [-0.2, -0.15) is 5.10 Å². The summed E-state index contributed by atoms with van der Waals surface area (Å²) in [6, 6.07) is 2.05. The second-order valence-corrected chi connectivity index (χ2v) is 8.96. The SMILES string of the molecule is CN1CCC(CNc2ncc3c(n2)CC=C3c2ccn3ncc(C4CC4)c3n2)CC1.[HH].[HH]. The first-order valence-corrected chi connectivity index (χ1v) is 11.1. The lowest BCUT2D eigenvalue weighted by Gasteiger charge is -2.28. The zero-order valence-electron chi connectivity index (χ0n) is 17.4. The van der Waals surface area contributed by atoms with Gasteiger partial charge in [-0.1, -0.05) is 6.08 Å². The summed E-state index contributed by atoms with van der Waals surface area (Å²) >= 11 is 0. The van der Waals surface area contributed by atoms with Crippen molar-refractivity contribution in [2.75, 3.05) is 32.0 Å². The van der Waals surface area contributed by atoms with Gasteiger partial charge in [0.1, 0.15) is 0 Å². The molecule has 158 valence electrons. The fourth-order valence-corrected chi connectivity index (χ4v) is 4.65. The van der Waals surface area contributed by atoms with Crippen molar-refractivity contribution in [3.8, 4) is 0 Å². The smallest absolute Gasteiger partial charge is 0.222 e. The average Bonchev–Trinajstić information content (AvgIpc) is 3.39. The molecule has 7 nitrogen and oxygen atoms in total. The van der Waals surface area contributed by atoms with Crippen LogP contribution in [-0.4, -0.2) is 56.1 Å². The monoisotopic (exact) mass is 405 g/mol. The quantitative estimate of drug-likeness (QED) is 0.699. The molecule has 3 aromatic heterocycles. The van der Waals surface area contributed by atoms with Gasteiger partial charge in [0.05, 0.1) is 17.6 Å². The maximum absolute atomic E-state index is 4.96. The highest BCUT2D eigenvalue weighted by Gasteiger charge is 2.28. The van der Waals surface area contributed by atoms with Gasteiger partial charge in [-0.15, -0.1) is 0 Å². The van der Waals surface area contributed by atoms with Crippen LogP contribution in [0, 0.1) is 5.92 Å². The summed E-state index contributed by atoms with van der Waals surface area (Å²) in [5.74, 6) is 2.09. The van der Waals surface area contributed by atoms with Gasteiger partial charge in [0.25, 0.3) is 0 Å². The van der Waals surface area contributed by atoms with Crippen LogP contribution in [0.3, 0.4) is 0 Å². The molecule has 2 aliphatic carbocycles. The molecule has 0 radical (unpaired) electrons. The number of allylic oxidation sites excluding steroid dienone is 1. The highest BCUT2D eigenvalue weighted by atomic mass is 15.2. The summed E-state index contributed by atoms with van der Waals surface area (Å²) in [6.07, 6.45) is 14.0. The van der Waals surface area contributed by atoms with Gasteiger partial charge in [-0.3, -0.25) is 0 Å². The van der Waals surface area contributed by atoms with E-state index in [0.29, 0.717) is 11.8 Å². The first kappa shape index (κ1) is 18.0. The molecular formula is C23H31N7. The first-order valence-electron chi connectivity index (χ1n) is 11.1. The van der Waals surface area contributed by atoms with Crippen molar-refractivity contribution in [2.45, 2.75) is 38.0 Å². The fourth-order valence-electron chi connectivity index (χ4n) is 4.65. The van der Waals surface area contributed by atoms with E-state index in [4.69, 9.17) is 9.97 Å². The highest BCUT2D eigenvalue weighted by Crippen LogP contribution is 2.41. The standard InChI is InChI=1S/C23H27N7.2H2/c1-29-9-6-15(7-10-29)12-24-23-25-13-19-17(4-5-20(19)28-23)21-8-11-30-22(27-21)18(14-26-30)16-2-3-16;;/h4,8,11,13-16H,2-3,5-7,9-10,12H2,1H3,(H,24,25,28);2*1H. The molecule has 7 heteroatoms. The molecule has 6 rings (SSSR count). The zero-order valence-corrected chi connectivity index (χ0v) is 17.4. The molecule has 0 unspecified atom stereocenters. The van der Waals surface area contributed by atoms with Crippen molar-refractivity contribution < 1.29 is 2.85 Å². The summed E-state index contributed by atoms with van der Waals surface area (Å²) in [4.78, 5) is 16.8. The van der Waals surface area contributed by atoms with Gasteiger partial charge in [0.15, 0.2) is 5.65 Å². The normalized spacial score (nSPS) is 19.8. The predicted molar refractivity (Wildman–Crippen MR) is 121 cm³/mol. The number of piperidine rings is 1. The molecule has 2 fully saturated rings. The Morgan fingerprint density at radius 3 is 2.83 bits per heavy atom. The third-order valence-electron chi connectivity index (χ3n) is 6.73. The largest absolute Gasteiger partial charge is 0.354 e.